The molecule has 0 amide bonds. The summed E-state index contributed by atoms with van der Waals surface area (Å²) in [6, 6.07) is 27.3. The van der Waals surface area contributed by atoms with Gasteiger partial charge in [-0.3, -0.25) is 0 Å². The summed E-state index contributed by atoms with van der Waals surface area (Å²) in [5, 5.41) is 4.79. The van der Waals surface area contributed by atoms with E-state index in [1.807, 2.05) is 18.2 Å². The zero-order chi connectivity index (χ0) is 16.8. The fraction of sp³-hybridized carbons (Fsp3) is 0. The van der Waals surface area contributed by atoms with Crippen LogP contribution in [-0.4, -0.2) is 0 Å². The average molecular weight is 405 g/mol. The molecule has 0 radical (unpaired) electrons. The van der Waals surface area contributed by atoms with Gasteiger partial charge in [-0.2, -0.15) is 0 Å². The first kappa shape index (κ1) is 15.1. The molecule has 0 bridgehead atoms. The molecule has 0 unspecified atom stereocenters. The van der Waals surface area contributed by atoms with E-state index in [-0.39, 0.29) is 0 Å². The van der Waals surface area contributed by atoms with Crippen molar-refractivity contribution < 1.29 is 4.42 Å². The maximum atomic E-state index is 6.15. The van der Waals surface area contributed by atoms with E-state index in [9.17, 15) is 0 Å². The monoisotopic (exact) mass is 404 g/mol. The molecule has 1 aromatic heterocycles. The van der Waals surface area contributed by atoms with Crippen LogP contribution in [0.5, 0.6) is 0 Å². The largest absolute Gasteiger partial charge is 0.456 e. The fourth-order valence-corrected chi connectivity index (χ4v) is 4.76. The summed E-state index contributed by atoms with van der Waals surface area (Å²) < 4.78 is 7.23. The predicted molar refractivity (Wildman–Crippen MR) is 109 cm³/mol. The number of benzene rings is 4. The molecule has 120 valence electrons. The maximum Gasteiger partial charge on any atom is 0.137 e. The second-order valence-electron chi connectivity index (χ2n) is 5.96. The van der Waals surface area contributed by atoms with E-state index in [2.05, 4.69) is 76.6 Å². The molecule has 0 aliphatic heterocycles. The maximum absolute atomic E-state index is 6.15. The Morgan fingerprint density at radius 1 is 0.720 bits per heavy atom. The Morgan fingerprint density at radius 3 is 2.40 bits per heavy atom. The van der Waals surface area contributed by atoms with Crippen molar-refractivity contribution in [2.24, 2.45) is 0 Å². The van der Waals surface area contributed by atoms with E-state index in [0.29, 0.717) is 0 Å². The summed E-state index contributed by atoms with van der Waals surface area (Å²) in [6.07, 6.45) is 0. The minimum atomic E-state index is 0.932. The summed E-state index contributed by atoms with van der Waals surface area (Å²) >= 11 is 5.38. The highest BCUT2D eigenvalue weighted by Gasteiger charge is 2.16. The molecule has 0 aliphatic rings. The van der Waals surface area contributed by atoms with Gasteiger partial charge in [-0.25, -0.2) is 0 Å². The second kappa shape index (κ2) is 5.94. The van der Waals surface area contributed by atoms with E-state index < -0.39 is 0 Å². The first-order valence-electron chi connectivity index (χ1n) is 8.06. The number of halogens is 1. The average Bonchev–Trinajstić information content (AvgIpc) is 3.00. The number of fused-ring (bicyclic) bond motifs is 4. The molecule has 0 saturated carbocycles. The zero-order valence-corrected chi connectivity index (χ0v) is 15.6. The summed E-state index contributed by atoms with van der Waals surface area (Å²) in [5.74, 6) is 0. The van der Waals surface area contributed by atoms with Crippen LogP contribution < -0.4 is 0 Å². The lowest BCUT2D eigenvalue weighted by molar-refractivity contribution is 0.669. The molecule has 0 spiro atoms. The van der Waals surface area contributed by atoms with Crippen molar-refractivity contribution in [2.45, 2.75) is 9.79 Å². The van der Waals surface area contributed by atoms with E-state index in [1.54, 1.807) is 11.8 Å². The van der Waals surface area contributed by atoms with Gasteiger partial charge >= 0.3 is 0 Å². The molecule has 0 atom stereocenters. The molecule has 25 heavy (non-hydrogen) atoms. The van der Waals surface area contributed by atoms with Gasteiger partial charge in [0.15, 0.2) is 0 Å². The second-order valence-corrected chi connectivity index (χ2v) is 7.96. The number of hydrogen-bond donors (Lipinski definition) is 0. The first-order chi connectivity index (χ1) is 12.3. The van der Waals surface area contributed by atoms with Crippen LogP contribution in [0.25, 0.3) is 32.7 Å². The Labute approximate surface area is 157 Å². The third kappa shape index (κ3) is 2.55. The molecule has 0 aliphatic carbocycles. The molecule has 3 heteroatoms. The number of rotatable bonds is 2. The van der Waals surface area contributed by atoms with Crippen LogP contribution in [0.2, 0.25) is 0 Å². The van der Waals surface area contributed by atoms with Crippen molar-refractivity contribution >= 4 is 60.4 Å². The Hall–Kier alpha value is -2.23. The molecule has 0 N–H and O–H groups in total. The van der Waals surface area contributed by atoms with Gasteiger partial charge in [-0.1, -0.05) is 70.2 Å². The van der Waals surface area contributed by atoms with Crippen LogP contribution in [0.4, 0.5) is 0 Å². The van der Waals surface area contributed by atoms with Crippen LogP contribution in [0.15, 0.2) is 97.5 Å². The predicted octanol–water partition coefficient (Wildman–Crippen LogP) is 7.65. The van der Waals surface area contributed by atoms with Gasteiger partial charge < -0.3 is 4.42 Å². The molecule has 0 fully saturated rings. The van der Waals surface area contributed by atoms with Crippen molar-refractivity contribution in [3.63, 3.8) is 0 Å². The first-order valence-corrected chi connectivity index (χ1v) is 9.67. The van der Waals surface area contributed by atoms with E-state index in [0.717, 1.165) is 15.6 Å². The smallest absolute Gasteiger partial charge is 0.137 e. The van der Waals surface area contributed by atoms with Crippen LogP contribution in [0.1, 0.15) is 0 Å². The molecule has 5 aromatic rings. The van der Waals surface area contributed by atoms with Crippen molar-refractivity contribution in [3.8, 4) is 0 Å². The van der Waals surface area contributed by atoms with Crippen molar-refractivity contribution in [2.75, 3.05) is 0 Å². The molecule has 1 heterocycles. The third-order valence-corrected chi connectivity index (χ3v) is 5.99. The van der Waals surface area contributed by atoms with Gasteiger partial charge in [0, 0.05) is 25.0 Å². The highest BCUT2D eigenvalue weighted by molar-refractivity contribution is 9.10. The minimum absolute atomic E-state index is 0.932. The van der Waals surface area contributed by atoms with Crippen LogP contribution >= 0.6 is 27.7 Å². The molecule has 1 nitrogen and oxygen atoms in total. The normalized spacial score (nSPS) is 11.6. The van der Waals surface area contributed by atoms with Gasteiger partial charge in [0.1, 0.15) is 11.2 Å². The third-order valence-electron chi connectivity index (χ3n) is 4.36. The minimum Gasteiger partial charge on any atom is -0.456 e. The summed E-state index contributed by atoms with van der Waals surface area (Å²) in [5.41, 5.74) is 1.87. The standard InChI is InChI=1S/C22H13BrOS/c23-15-10-11-17-14(12-15)13-20-21(18-8-4-5-9-19(18)24-20)22(17)25-16-6-2-1-3-7-16/h1-13H. The molecular formula is C22H13BrOS. The van der Waals surface area contributed by atoms with Crippen LogP contribution in [0.3, 0.4) is 0 Å². The summed E-state index contributed by atoms with van der Waals surface area (Å²) in [4.78, 5) is 2.47. The van der Waals surface area contributed by atoms with Crippen molar-refractivity contribution in [1.82, 2.24) is 0 Å². The lowest BCUT2D eigenvalue weighted by Gasteiger charge is -2.09. The Morgan fingerprint density at radius 2 is 1.52 bits per heavy atom. The highest BCUT2D eigenvalue weighted by Crippen LogP contribution is 2.44. The van der Waals surface area contributed by atoms with Gasteiger partial charge in [-0.15, -0.1) is 0 Å². The lowest BCUT2D eigenvalue weighted by Crippen LogP contribution is -1.82. The zero-order valence-electron chi connectivity index (χ0n) is 13.2. The Bertz CT molecular complexity index is 1220. The van der Waals surface area contributed by atoms with Crippen LogP contribution in [0, 0.1) is 0 Å². The highest BCUT2D eigenvalue weighted by atomic mass is 79.9. The topological polar surface area (TPSA) is 13.1 Å². The van der Waals surface area contributed by atoms with Gasteiger partial charge in [0.05, 0.1) is 0 Å². The van der Waals surface area contributed by atoms with E-state index >= 15 is 0 Å². The van der Waals surface area contributed by atoms with E-state index in [1.165, 1.54) is 31.3 Å². The summed E-state index contributed by atoms with van der Waals surface area (Å²) in [6.45, 7) is 0. The van der Waals surface area contributed by atoms with Crippen molar-refractivity contribution in [3.05, 3.63) is 83.3 Å². The lowest BCUT2D eigenvalue weighted by atomic mass is 10.1. The van der Waals surface area contributed by atoms with Gasteiger partial charge in [0.2, 0.25) is 0 Å². The van der Waals surface area contributed by atoms with Crippen LogP contribution in [-0.2, 0) is 0 Å². The number of hydrogen-bond acceptors (Lipinski definition) is 2. The Kier molecular flexibility index (Phi) is 3.58. The molecular weight excluding hydrogens is 392 g/mol. The molecule has 0 saturated heterocycles. The number of furan rings is 1. The van der Waals surface area contributed by atoms with Gasteiger partial charge in [-0.05, 0) is 47.2 Å². The number of para-hydroxylation sites is 1. The Balaban J connectivity index is 1.91. The molecule has 4 aromatic carbocycles. The SMILES string of the molecule is Brc1ccc2c(Sc3ccccc3)c3c(cc2c1)oc1ccccc13. The quantitative estimate of drug-likeness (QED) is 0.299. The van der Waals surface area contributed by atoms with Gasteiger partial charge in [0.25, 0.3) is 0 Å². The van der Waals surface area contributed by atoms with E-state index in [4.69, 9.17) is 4.42 Å². The fourth-order valence-electron chi connectivity index (χ4n) is 3.25. The summed E-state index contributed by atoms with van der Waals surface area (Å²) in [7, 11) is 0. The molecule has 5 rings (SSSR count). The van der Waals surface area contributed by atoms with Crippen molar-refractivity contribution in [1.29, 1.82) is 0 Å².